The average Bonchev–Trinajstić information content (AvgIpc) is 2.53. The van der Waals surface area contributed by atoms with Crippen LogP contribution in [0.2, 0.25) is 0 Å². The average molecular weight is 186 g/mol. The second-order valence-electron chi connectivity index (χ2n) is 4.93. The third-order valence-corrected chi connectivity index (χ3v) is 3.83. The zero-order valence-electron chi connectivity index (χ0n) is 8.20. The van der Waals surface area contributed by atoms with Gasteiger partial charge >= 0.3 is 0 Å². The van der Waals surface area contributed by atoms with Gasteiger partial charge in [0.05, 0.1) is 0 Å². The zero-order valence-corrected chi connectivity index (χ0v) is 8.20. The molecule has 1 saturated carbocycles. The van der Waals surface area contributed by atoms with E-state index in [1.54, 1.807) is 0 Å². The summed E-state index contributed by atoms with van der Waals surface area (Å²) in [4.78, 5) is 10.6. The third kappa shape index (κ3) is 1.05. The molecule has 1 heteroatoms. The van der Waals surface area contributed by atoms with Gasteiger partial charge in [0.15, 0.2) is 0 Å². The van der Waals surface area contributed by atoms with Gasteiger partial charge < -0.3 is 4.79 Å². The van der Waals surface area contributed by atoms with E-state index >= 15 is 0 Å². The molecule has 0 heterocycles. The lowest BCUT2D eigenvalue weighted by Crippen LogP contribution is -2.38. The predicted molar refractivity (Wildman–Crippen MR) is 55.1 cm³/mol. The van der Waals surface area contributed by atoms with Crippen LogP contribution < -0.4 is 0 Å². The molecule has 2 aliphatic carbocycles. The molecule has 14 heavy (non-hydrogen) atoms. The van der Waals surface area contributed by atoms with Crippen LogP contribution in [0.4, 0.5) is 0 Å². The van der Waals surface area contributed by atoms with Crippen molar-refractivity contribution in [3.05, 3.63) is 35.4 Å². The first kappa shape index (κ1) is 8.22. The van der Waals surface area contributed by atoms with Crippen molar-refractivity contribution in [2.24, 2.45) is 11.3 Å². The van der Waals surface area contributed by atoms with Crippen LogP contribution in [0.1, 0.15) is 24.0 Å². The fourth-order valence-corrected chi connectivity index (χ4v) is 3.21. The van der Waals surface area contributed by atoms with Crippen LogP contribution in [-0.2, 0) is 17.6 Å². The van der Waals surface area contributed by atoms with Gasteiger partial charge in [-0.15, -0.1) is 0 Å². The van der Waals surface area contributed by atoms with Gasteiger partial charge in [0.1, 0.15) is 6.29 Å². The van der Waals surface area contributed by atoms with Crippen LogP contribution in [0.3, 0.4) is 0 Å². The van der Waals surface area contributed by atoms with E-state index in [2.05, 4.69) is 24.3 Å². The highest BCUT2D eigenvalue weighted by atomic mass is 16.1. The topological polar surface area (TPSA) is 17.1 Å². The Hall–Kier alpha value is -1.11. The third-order valence-electron chi connectivity index (χ3n) is 3.83. The Morgan fingerprint density at radius 2 is 1.71 bits per heavy atom. The van der Waals surface area contributed by atoms with Crippen LogP contribution in [-0.4, -0.2) is 6.29 Å². The molecule has 0 atom stereocenters. The van der Waals surface area contributed by atoms with Gasteiger partial charge in [-0.25, -0.2) is 0 Å². The summed E-state index contributed by atoms with van der Waals surface area (Å²) in [6.45, 7) is 0. The van der Waals surface area contributed by atoms with E-state index in [4.69, 9.17) is 0 Å². The first-order chi connectivity index (χ1) is 6.81. The molecule has 1 aromatic carbocycles. The van der Waals surface area contributed by atoms with Gasteiger partial charge in [0, 0.05) is 5.92 Å². The van der Waals surface area contributed by atoms with Gasteiger partial charge in [0.25, 0.3) is 0 Å². The second kappa shape index (κ2) is 2.69. The Morgan fingerprint density at radius 1 is 1.14 bits per heavy atom. The standard InChI is InChI=1S/C13H14O/c14-9-10-5-13(6-10)7-11-3-1-2-4-12(11)8-13/h1-4,9-10H,5-8H2. The number of benzene rings is 1. The fraction of sp³-hybridized carbons (Fsp3) is 0.462. The summed E-state index contributed by atoms with van der Waals surface area (Å²) in [5.41, 5.74) is 3.49. The summed E-state index contributed by atoms with van der Waals surface area (Å²) in [6.07, 6.45) is 5.77. The molecule has 0 saturated heterocycles. The van der Waals surface area contributed by atoms with E-state index in [-0.39, 0.29) is 0 Å². The van der Waals surface area contributed by atoms with Crippen molar-refractivity contribution in [1.29, 1.82) is 0 Å². The quantitative estimate of drug-likeness (QED) is 0.615. The normalized spacial score (nSPS) is 23.1. The SMILES string of the molecule is O=CC1CC2(Cc3ccccc3C2)C1. The van der Waals surface area contributed by atoms with Gasteiger partial charge in [-0.1, -0.05) is 24.3 Å². The molecule has 3 rings (SSSR count). The molecule has 0 aliphatic heterocycles. The number of carbonyl (C=O) groups is 1. The molecule has 1 aromatic rings. The van der Waals surface area contributed by atoms with Crippen LogP contribution in [0.15, 0.2) is 24.3 Å². The van der Waals surface area contributed by atoms with Crippen LogP contribution in [0.25, 0.3) is 0 Å². The Balaban J connectivity index is 1.83. The van der Waals surface area contributed by atoms with Crippen molar-refractivity contribution in [3.63, 3.8) is 0 Å². The number of rotatable bonds is 1. The molecule has 0 N–H and O–H groups in total. The minimum Gasteiger partial charge on any atom is -0.303 e. The summed E-state index contributed by atoms with van der Waals surface area (Å²) in [7, 11) is 0. The maximum atomic E-state index is 10.6. The monoisotopic (exact) mass is 186 g/mol. The van der Waals surface area contributed by atoms with Crippen LogP contribution in [0, 0.1) is 11.3 Å². The molecular weight excluding hydrogens is 172 g/mol. The summed E-state index contributed by atoms with van der Waals surface area (Å²) in [5, 5.41) is 0. The summed E-state index contributed by atoms with van der Waals surface area (Å²) in [5.74, 6) is 0.351. The van der Waals surface area contributed by atoms with Gasteiger partial charge in [-0.3, -0.25) is 0 Å². The van der Waals surface area contributed by atoms with Crippen molar-refractivity contribution in [2.45, 2.75) is 25.7 Å². The van der Waals surface area contributed by atoms with Gasteiger partial charge in [-0.05, 0) is 42.2 Å². The molecule has 2 aliphatic rings. The molecule has 0 radical (unpaired) electrons. The minimum absolute atomic E-state index is 0.351. The number of carbonyl (C=O) groups excluding carboxylic acids is 1. The maximum absolute atomic E-state index is 10.6. The molecule has 0 bridgehead atoms. The lowest BCUT2D eigenvalue weighted by molar-refractivity contribution is -0.117. The van der Waals surface area contributed by atoms with Gasteiger partial charge in [0.2, 0.25) is 0 Å². The number of fused-ring (bicyclic) bond motifs is 1. The smallest absolute Gasteiger partial charge is 0.123 e. The molecule has 1 fully saturated rings. The Morgan fingerprint density at radius 3 is 2.21 bits per heavy atom. The Labute approximate surface area is 84.1 Å². The highest BCUT2D eigenvalue weighted by Gasteiger charge is 2.47. The van der Waals surface area contributed by atoms with Crippen molar-refractivity contribution in [1.82, 2.24) is 0 Å². The van der Waals surface area contributed by atoms with Crippen molar-refractivity contribution >= 4 is 6.29 Å². The van der Waals surface area contributed by atoms with E-state index in [1.807, 2.05) is 0 Å². The largest absolute Gasteiger partial charge is 0.303 e. The Kier molecular flexibility index (Phi) is 1.58. The Bertz CT molecular complexity index is 348. The molecule has 1 spiro atoms. The van der Waals surface area contributed by atoms with Crippen LogP contribution >= 0.6 is 0 Å². The summed E-state index contributed by atoms with van der Waals surface area (Å²) in [6, 6.07) is 8.71. The van der Waals surface area contributed by atoms with E-state index in [0.29, 0.717) is 11.3 Å². The molecule has 72 valence electrons. The minimum atomic E-state index is 0.351. The van der Waals surface area contributed by atoms with E-state index in [1.165, 1.54) is 24.0 Å². The summed E-state index contributed by atoms with van der Waals surface area (Å²) >= 11 is 0. The second-order valence-corrected chi connectivity index (χ2v) is 4.93. The predicted octanol–water partition coefficient (Wildman–Crippen LogP) is 2.38. The fourth-order valence-electron chi connectivity index (χ4n) is 3.21. The zero-order chi connectivity index (χ0) is 9.60. The first-order valence-corrected chi connectivity index (χ1v) is 5.33. The molecule has 1 nitrogen and oxygen atoms in total. The highest BCUT2D eigenvalue weighted by molar-refractivity contribution is 5.56. The number of hydrogen-bond acceptors (Lipinski definition) is 1. The van der Waals surface area contributed by atoms with Crippen molar-refractivity contribution in [3.8, 4) is 0 Å². The van der Waals surface area contributed by atoms with E-state index in [9.17, 15) is 4.79 Å². The number of aldehydes is 1. The maximum Gasteiger partial charge on any atom is 0.123 e. The van der Waals surface area contributed by atoms with Gasteiger partial charge in [-0.2, -0.15) is 0 Å². The molecular formula is C13H14O. The van der Waals surface area contributed by atoms with E-state index < -0.39 is 0 Å². The van der Waals surface area contributed by atoms with E-state index in [0.717, 1.165) is 19.1 Å². The first-order valence-electron chi connectivity index (χ1n) is 5.33. The van der Waals surface area contributed by atoms with Crippen molar-refractivity contribution in [2.75, 3.05) is 0 Å². The summed E-state index contributed by atoms with van der Waals surface area (Å²) < 4.78 is 0. The molecule has 0 aromatic heterocycles. The highest BCUT2D eigenvalue weighted by Crippen LogP contribution is 2.53. The van der Waals surface area contributed by atoms with Crippen molar-refractivity contribution < 1.29 is 4.79 Å². The lowest BCUT2D eigenvalue weighted by Gasteiger charge is -2.42. The molecule has 0 unspecified atom stereocenters. The number of hydrogen-bond donors (Lipinski definition) is 0. The van der Waals surface area contributed by atoms with Crippen LogP contribution in [0.5, 0.6) is 0 Å². The lowest BCUT2D eigenvalue weighted by atomic mass is 9.61. The molecule has 0 amide bonds.